The summed E-state index contributed by atoms with van der Waals surface area (Å²) < 4.78 is 0. The molecule has 6 heteroatoms. The first-order valence-electron chi connectivity index (χ1n) is 4.95. The number of anilines is 2. The van der Waals surface area contributed by atoms with Gasteiger partial charge in [-0.2, -0.15) is 0 Å². The zero-order valence-electron chi connectivity index (χ0n) is 8.73. The Kier molecular flexibility index (Phi) is 2.59. The van der Waals surface area contributed by atoms with Gasteiger partial charge in [0.2, 0.25) is 5.95 Å². The third-order valence-electron chi connectivity index (χ3n) is 2.62. The lowest BCUT2D eigenvalue weighted by Gasteiger charge is -2.32. The van der Waals surface area contributed by atoms with Crippen molar-refractivity contribution in [3.63, 3.8) is 0 Å². The van der Waals surface area contributed by atoms with Crippen molar-refractivity contribution >= 4 is 11.6 Å². The van der Waals surface area contributed by atoms with Crippen LogP contribution in [0, 0.1) is 0 Å². The number of hydrogen-bond donors (Lipinski definition) is 2. The molecule has 3 N–H and O–H groups in total. The molecule has 0 aromatic carbocycles. The van der Waals surface area contributed by atoms with Crippen molar-refractivity contribution in [3.05, 3.63) is 16.6 Å². The average Bonchev–Trinajstić information content (AvgIpc) is 2.23. The van der Waals surface area contributed by atoms with Gasteiger partial charge in [0.15, 0.2) is 0 Å². The highest BCUT2D eigenvalue weighted by atomic mass is 16.1. The highest BCUT2D eigenvalue weighted by molar-refractivity contribution is 5.38. The van der Waals surface area contributed by atoms with E-state index in [-0.39, 0.29) is 11.2 Å². The van der Waals surface area contributed by atoms with E-state index in [0.717, 1.165) is 26.2 Å². The van der Waals surface area contributed by atoms with E-state index in [9.17, 15) is 4.79 Å². The Morgan fingerprint density at radius 2 is 2.07 bits per heavy atom. The van der Waals surface area contributed by atoms with Crippen LogP contribution >= 0.6 is 0 Å². The van der Waals surface area contributed by atoms with E-state index in [1.165, 1.54) is 6.20 Å². The largest absolute Gasteiger partial charge is 0.393 e. The highest BCUT2D eigenvalue weighted by Gasteiger charge is 2.15. The molecule has 15 heavy (non-hydrogen) atoms. The summed E-state index contributed by atoms with van der Waals surface area (Å²) >= 11 is 0. The fourth-order valence-electron chi connectivity index (χ4n) is 1.57. The molecule has 0 atom stereocenters. The minimum absolute atomic E-state index is 0.160. The van der Waals surface area contributed by atoms with Crippen molar-refractivity contribution in [1.29, 1.82) is 0 Å². The maximum atomic E-state index is 11.3. The maximum absolute atomic E-state index is 11.3. The van der Waals surface area contributed by atoms with E-state index in [0.29, 0.717) is 5.95 Å². The lowest BCUT2D eigenvalue weighted by Crippen LogP contribution is -2.45. The summed E-state index contributed by atoms with van der Waals surface area (Å²) in [5.74, 6) is 0.613. The smallest absolute Gasteiger partial charge is 0.275 e. The molecule has 0 unspecified atom stereocenters. The first-order chi connectivity index (χ1) is 7.16. The molecule has 0 spiro atoms. The molecular weight excluding hydrogens is 194 g/mol. The summed E-state index contributed by atoms with van der Waals surface area (Å²) in [4.78, 5) is 22.4. The number of aromatic nitrogens is 2. The molecule has 1 aromatic rings. The van der Waals surface area contributed by atoms with Crippen molar-refractivity contribution in [1.82, 2.24) is 14.9 Å². The summed E-state index contributed by atoms with van der Waals surface area (Å²) in [6.07, 6.45) is 1.41. The monoisotopic (exact) mass is 209 g/mol. The number of rotatable bonds is 1. The van der Waals surface area contributed by atoms with E-state index in [4.69, 9.17) is 5.73 Å². The Morgan fingerprint density at radius 1 is 1.40 bits per heavy atom. The summed E-state index contributed by atoms with van der Waals surface area (Å²) in [5.41, 5.74) is 5.30. The second-order valence-electron chi connectivity index (χ2n) is 3.78. The molecule has 0 saturated carbocycles. The molecule has 6 nitrogen and oxygen atoms in total. The first-order valence-corrected chi connectivity index (χ1v) is 4.95. The van der Waals surface area contributed by atoms with Crippen LogP contribution in [0.1, 0.15) is 0 Å². The second-order valence-corrected chi connectivity index (χ2v) is 3.78. The number of aromatic amines is 1. The molecule has 82 valence electrons. The topological polar surface area (TPSA) is 78.2 Å². The van der Waals surface area contributed by atoms with Crippen LogP contribution in [0.2, 0.25) is 0 Å². The number of nitrogen functional groups attached to an aromatic ring is 1. The Labute approximate surface area is 87.7 Å². The van der Waals surface area contributed by atoms with Gasteiger partial charge in [0.05, 0.1) is 6.20 Å². The molecule has 1 aliphatic heterocycles. The number of hydrogen-bond acceptors (Lipinski definition) is 5. The molecule has 0 bridgehead atoms. The molecule has 2 rings (SSSR count). The summed E-state index contributed by atoms with van der Waals surface area (Å²) in [7, 11) is 2.08. The average molecular weight is 209 g/mol. The summed E-state index contributed by atoms with van der Waals surface area (Å²) in [5, 5.41) is 0. The molecule has 1 aliphatic rings. The van der Waals surface area contributed by atoms with Crippen LogP contribution in [0.4, 0.5) is 11.6 Å². The van der Waals surface area contributed by atoms with Gasteiger partial charge in [-0.25, -0.2) is 4.98 Å². The lowest BCUT2D eigenvalue weighted by molar-refractivity contribution is 0.311. The van der Waals surface area contributed by atoms with Crippen LogP contribution in [0.25, 0.3) is 0 Å². The Morgan fingerprint density at radius 3 is 2.67 bits per heavy atom. The number of nitrogens with two attached hydrogens (primary N) is 1. The van der Waals surface area contributed by atoms with Crippen LogP contribution in [-0.4, -0.2) is 48.1 Å². The van der Waals surface area contributed by atoms with Gasteiger partial charge >= 0.3 is 0 Å². The van der Waals surface area contributed by atoms with Crippen LogP contribution in [0.15, 0.2) is 11.0 Å². The second kappa shape index (κ2) is 3.90. The van der Waals surface area contributed by atoms with Crippen molar-refractivity contribution < 1.29 is 0 Å². The van der Waals surface area contributed by atoms with Crippen LogP contribution in [0.5, 0.6) is 0 Å². The quantitative estimate of drug-likeness (QED) is 0.627. The molecular formula is C9H15N5O. The third-order valence-corrected chi connectivity index (χ3v) is 2.62. The van der Waals surface area contributed by atoms with Crippen LogP contribution < -0.4 is 16.2 Å². The Hall–Kier alpha value is -1.56. The number of nitrogens with zero attached hydrogens (tertiary/aromatic N) is 3. The highest BCUT2D eigenvalue weighted by Crippen LogP contribution is 2.08. The molecule has 1 saturated heterocycles. The molecule has 0 aliphatic carbocycles. The van der Waals surface area contributed by atoms with Gasteiger partial charge in [0, 0.05) is 26.2 Å². The lowest BCUT2D eigenvalue weighted by atomic mass is 10.3. The molecule has 2 heterocycles. The van der Waals surface area contributed by atoms with Gasteiger partial charge < -0.3 is 15.5 Å². The van der Waals surface area contributed by atoms with Gasteiger partial charge in [-0.15, -0.1) is 0 Å². The van der Waals surface area contributed by atoms with E-state index in [2.05, 4.69) is 26.8 Å². The van der Waals surface area contributed by atoms with Crippen molar-refractivity contribution in [2.24, 2.45) is 0 Å². The van der Waals surface area contributed by atoms with Gasteiger partial charge in [-0.3, -0.25) is 9.78 Å². The fourth-order valence-corrected chi connectivity index (χ4v) is 1.57. The molecule has 0 radical (unpaired) electrons. The van der Waals surface area contributed by atoms with Gasteiger partial charge in [-0.1, -0.05) is 0 Å². The van der Waals surface area contributed by atoms with E-state index < -0.39 is 0 Å². The number of H-pyrrole nitrogens is 1. The predicted molar refractivity (Wildman–Crippen MR) is 59.0 cm³/mol. The molecule has 1 fully saturated rings. The third kappa shape index (κ3) is 2.10. The minimum atomic E-state index is -0.265. The van der Waals surface area contributed by atoms with Crippen LogP contribution in [-0.2, 0) is 0 Å². The molecule has 1 aromatic heterocycles. The fraction of sp³-hybridized carbons (Fsp3) is 0.556. The standard InChI is InChI=1S/C9H15N5O/c1-13-2-4-14(5-3-13)9-11-6-7(10)8(15)12-9/h6H,2-5,10H2,1H3,(H,11,12,15). The zero-order chi connectivity index (χ0) is 10.8. The SMILES string of the molecule is CN1CCN(c2ncc(N)c(=O)[nH]2)CC1. The maximum Gasteiger partial charge on any atom is 0.275 e. The van der Waals surface area contributed by atoms with E-state index in [1.807, 2.05) is 0 Å². The predicted octanol–water partition coefficient (Wildman–Crippen LogP) is -0.896. The summed E-state index contributed by atoms with van der Waals surface area (Å²) in [6, 6.07) is 0. The molecule has 0 amide bonds. The first kappa shape index (κ1) is 9.97. The van der Waals surface area contributed by atoms with Gasteiger partial charge in [-0.05, 0) is 7.05 Å². The van der Waals surface area contributed by atoms with Crippen LogP contribution in [0.3, 0.4) is 0 Å². The van der Waals surface area contributed by atoms with Crippen molar-refractivity contribution in [2.75, 3.05) is 43.9 Å². The number of piperazine rings is 1. The van der Waals surface area contributed by atoms with Gasteiger partial charge in [0.25, 0.3) is 5.56 Å². The summed E-state index contributed by atoms with van der Waals surface area (Å²) in [6.45, 7) is 3.72. The number of nitrogens with one attached hydrogen (secondary N) is 1. The normalized spacial score (nSPS) is 18.1. The zero-order valence-corrected chi connectivity index (χ0v) is 8.73. The minimum Gasteiger partial charge on any atom is -0.393 e. The van der Waals surface area contributed by atoms with Crippen molar-refractivity contribution in [2.45, 2.75) is 0 Å². The van der Waals surface area contributed by atoms with Gasteiger partial charge in [0.1, 0.15) is 5.69 Å². The van der Waals surface area contributed by atoms with Crippen molar-refractivity contribution in [3.8, 4) is 0 Å². The van der Waals surface area contributed by atoms with E-state index >= 15 is 0 Å². The Balaban J connectivity index is 2.16. The number of likely N-dealkylation sites (N-methyl/N-ethyl adjacent to an activating group) is 1. The Bertz CT molecular complexity index is 394. The van der Waals surface area contributed by atoms with E-state index in [1.54, 1.807) is 0 Å².